The largest absolute Gasteiger partial charge is 0.346 e. The molecule has 2 saturated heterocycles. The van der Waals surface area contributed by atoms with E-state index >= 15 is 0 Å². The second-order valence-corrected chi connectivity index (χ2v) is 5.64. The maximum atomic E-state index is 11.6. The van der Waals surface area contributed by atoms with E-state index in [2.05, 4.69) is 6.58 Å². The molecule has 2 aliphatic heterocycles. The smallest absolute Gasteiger partial charge is 0.235 e. The molecule has 0 atom stereocenters. The summed E-state index contributed by atoms with van der Waals surface area (Å²) in [5, 5.41) is 0.973. The molecule has 0 aliphatic carbocycles. The van der Waals surface area contributed by atoms with Gasteiger partial charge in [-0.2, -0.15) is 4.31 Å². The monoisotopic (exact) mass is 233 g/mol. The average Bonchev–Trinajstić information content (AvgIpc) is 2.66. The standard InChI is InChI=1S/C9H15NO4S/c1-2-15(11,12)10-5-3-4-9(8-10)13-6-7-14-9/h2H,1,3-8H2. The summed E-state index contributed by atoms with van der Waals surface area (Å²) in [5.41, 5.74) is 0. The van der Waals surface area contributed by atoms with Crippen LogP contribution in [0.2, 0.25) is 0 Å². The topological polar surface area (TPSA) is 55.8 Å². The first-order valence-electron chi connectivity index (χ1n) is 4.99. The maximum absolute atomic E-state index is 11.6. The molecule has 0 bridgehead atoms. The van der Waals surface area contributed by atoms with Crippen molar-refractivity contribution in [2.24, 2.45) is 0 Å². The molecule has 86 valence electrons. The summed E-state index contributed by atoms with van der Waals surface area (Å²) in [7, 11) is -3.35. The number of hydrogen-bond donors (Lipinski definition) is 0. The van der Waals surface area contributed by atoms with Crippen LogP contribution in [0.4, 0.5) is 0 Å². The van der Waals surface area contributed by atoms with Crippen molar-refractivity contribution in [3.8, 4) is 0 Å². The summed E-state index contributed by atoms with van der Waals surface area (Å²) in [4.78, 5) is 0. The quantitative estimate of drug-likeness (QED) is 0.688. The van der Waals surface area contributed by atoms with E-state index < -0.39 is 15.8 Å². The van der Waals surface area contributed by atoms with Crippen molar-refractivity contribution in [2.75, 3.05) is 26.3 Å². The summed E-state index contributed by atoms with van der Waals surface area (Å²) < 4.78 is 35.5. The van der Waals surface area contributed by atoms with Crippen molar-refractivity contribution in [1.82, 2.24) is 4.31 Å². The van der Waals surface area contributed by atoms with Gasteiger partial charge < -0.3 is 9.47 Å². The van der Waals surface area contributed by atoms with Gasteiger partial charge >= 0.3 is 0 Å². The zero-order valence-corrected chi connectivity index (χ0v) is 9.33. The lowest BCUT2D eigenvalue weighted by molar-refractivity contribution is -0.179. The fourth-order valence-corrected chi connectivity index (χ4v) is 2.98. The summed E-state index contributed by atoms with van der Waals surface area (Å²) in [6.45, 7) is 5.19. The van der Waals surface area contributed by atoms with Gasteiger partial charge in [0, 0.05) is 18.4 Å². The summed E-state index contributed by atoms with van der Waals surface area (Å²) >= 11 is 0. The molecule has 2 aliphatic rings. The number of ether oxygens (including phenoxy) is 2. The molecule has 0 saturated carbocycles. The Morgan fingerprint density at radius 3 is 2.60 bits per heavy atom. The fourth-order valence-electron chi connectivity index (χ4n) is 2.01. The highest BCUT2D eigenvalue weighted by atomic mass is 32.2. The lowest BCUT2D eigenvalue weighted by Crippen LogP contribution is -2.50. The minimum atomic E-state index is -3.35. The lowest BCUT2D eigenvalue weighted by atomic mass is 10.1. The Morgan fingerprint density at radius 2 is 2.00 bits per heavy atom. The molecule has 0 aromatic rings. The van der Waals surface area contributed by atoms with Gasteiger partial charge in [0.1, 0.15) is 0 Å². The van der Waals surface area contributed by atoms with E-state index in [1.165, 1.54) is 4.31 Å². The van der Waals surface area contributed by atoms with Crippen LogP contribution in [0.5, 0.6) is 0 Å². The zero-order chi connectivity index (χ0) is 10.9. The van der Waals surface area contributed by atoms with Gasteiger partial charge in [-0.25, -0.2) is 8.42 Å². The van der Waals surface area contributed by atoms with Crippen molar-refractivity contribution < 1.29 is 17.9 Å². The maximum Gasteiger partial charge on any atom is 0.235 e. The number of rotatable bonds is 2. The van der Waals surface area contributed by atoms with Crippen molar-refractivity contribution in [3.63, 3.8) is 0 Å². The van der Waals surface area contributed by atoms with E-state index in [0.29, 0.717) is 19.8 Å². The lowest BCUT2D eigenvalue weighted by Gasteiger charge is -2.37. The predicted molar refractivity (Wildman–Crippen MR) is 54.6 cm³/mol. The first-order chi connectivity index (χ1) is 7.08. The molecule has 6 heteroatoms. The van der Waals surface area contributed by atoms with Crippen LogP contribution in [0.25, 0.3) is 0 Å². The van der Waals surface area contributed by atoms with E-state index in [1.54, 1.807) is 0 Å². The predicted octanol–water partition coefficient (Wildman–Crippen LogP) is 0.299. The molecule has 2 rings (SSSR count). The summed E-state index contributed by atoms with van der Waals surface area (Å²) in [5.74, 6) is -0.700. The molecule has 5 nitrogen and oxygen atoms in total. The summed E-state index contributed by atoms with van der Waals surface area (Å²) in [6.07, 6.45) is 1.52. The molecule has 0 aromatic carbocycles. The van der Waals surface area contributed by atoms with Crippen LogP contribution in [0.1, 0.15) is 12.8 Å². The third-order valence-electron chi connectivity index (χ3n) is 2.77. The molecular weight excluding hydrogens is 218 g/mol. The highest BCUT2D eigenvalue weighted by Gasteiger charge is 2.43. The molecule has 1 spiro atoms. The number of piperidine rings is 1. The number of hydrogen-bond acceptors (Lipinski definition) is 4. The Hall–Kier alpha value is -0.430. The van der Waals surface area contributed by atoms with Crippen LogP contribution in [0.15, 0.2) is 12.0 Å². The third kappa shape index (κ3) is 2.08. The fraction of sp³-hybridized carbons (Fsp3) is 0.778. The zero-order valence-electron chi connectivity index (χ0n) is 8.52. The first kappa shape index (κ1) is 11.1. The summed E-state index contributed by atoms with van der Waals surface area (Å²) in [6, 6.07) is 0. The molecule has 15 heavy (non-hydrogen) atoms. The number of sulfonamides is 1. The van der Waals surface area contributed by atoms with Gasteiger partial charge in [0.2, 0.25) is 10.0 Å². The minimum Gasteiger partial charge on any atom is -0.346 e. The molecule has 0 unspecified atom stereocenters. The molecule has 0 radical (unpaired) electrons. The van der Waals surface area contributed by atoms with Gasteiger partial charge in [0.05, 0.1) is 19.8 Å². The second kappa shape index (κ2) is 3.86. The minimum absolute atomic E-state index is 0.279. The average molecular weight is 233 g/mol. The molecule has 2 heterocycles. The van der Waals surface area contributed by atoms with Gasteiger partial charge in [-0.15, -0.1) is 0 Å². The van der Waals surface area contributed by atoms with Crippen LogP contribution in [0.3, 0.4) is 0 Å². The van der Waals surface area contributed by atoms with Crippen molar-refractivity contribution in [2.45, 2.75) is 18.6 Å². The van der Waals surface area contributed by atoms with E-state index in [9.17, 15) is 8.42 Å². The number of nitrogens with zero attached hydrogens (tertiary/aromatic N) is 1. The van der Waals surface area contributed by atoms with Crippen molar-refractivity contribution in [3.05, 3.63) is 12.0 Å². The van der Waals surface area contributed by atoms with Crippen molar-refractivity contribution >= 4 is 10.0 Å². The first-order valence-corrected chi connectivity index (χ1v) is 6.49. The van der Waals surface area contributed by atoms with Gasteiger partial charge in [-0.3, -0.25) is 0 Å². The Kier molecular flexibility index (Phi) is 2.85. The molecule has 0 amide bonds. The Balaban J connectivity index is 2.14. The van der Waals surface area contributed by atoms with E-state index in [0.717, 1.165) is 18.2 Å². The molecular formula is C9H15NO4S. The van der Waals surface area contributed by atoms with Gasteiger partial charge in [0.15, 0.2) is 5.79 Å². The normalized spacial score (nSPS) is 26.9. The van der Waals surface area contributed by atoms with Crippen LogP contribution in [-0.2, 0) is 19.5 Å². The van der Waals surface area contributed by atoms with E-state index in [1.807, 2.05) is 0 Å². The van der Waals surface area contributed by atoms with Crippen LogP contribution < -0.4 is 0 Å². The van der Waals surface area contributed by atoms with Crippen LogP contribution in [0, 0.1) is 0 Å². The van der Waals surface area contributed by atoms with E-state index in [4.69, 9.17) is 9.47 Å². The Labute approximate surface area is 89.7 Å². The van der Waals surface area contributed by atoms with Gasteiger partial charge in [0.25, 0.3) is 0 Å². The van der Waals surface area contributed by atoms with Crippen molar-refractivity contribution in [1.29, 1.82) is 0 Å². The van der Waals surface area contributed by atoms with Crippen LogP contribution in [-0.4, -0.2) is 44.8 Å². The Morgan fingerprint density at radius 1 is 1.33 bits per heavy atom. The molecule has 2 fully saturated rings. The highest BCUT2D eigenvalue weighted by molar-refractivity contribution is 7.92. The molecule has 0 aromatic heterocycles. The molecule has 0 N–H and O–H groups in total. The van der Waals surface area contributed by atoms with Gasteiger partial charge in [-0.05, 0) is 6.42 Å². The third-order valence-corrected chi connectivity index (χ3v) is 4.22. The second-order valence-electron chi connectivity index (χ2n) is 3.76. The van der Waals surface area contributed by atoms with E-state index in [-0.39, 0.29) is 6.54 Å². The van der Waals surface area contributed by atoms with Crippen LogP contribution >= 0.6 is 0 Å². The van der Waals surface area contributed by atoms with Gasteiger partial charge in [-0.1, -0.05) is 6.58 Å². The SMILES string of the molecule is C=CS(=O)(=O)N1CCCC2(C1)OCCO2. The Bertz CT molecular complexity index is 345. The highest BCUT2D eigenvalue weighted by Crippen LogP contribution is 2.31.